The summed E-state index contributed by atoms with van der Waals surface area (Å²) in [7, 11) is 0. The lowest BCUT2D eigenvalue weighted by molar-refractivity contribution is -0.137. The first-order valence-electron chi connectivity index (χ1n) is 6.64. The van der Waals surface area contributed by atoms with Gasteiger partial charge in [0.1, 0.15) is 0 Å². The maximum Gasteiger partial charge on any atom is 0.303 e. The highest BCUT2D eigenvalue weighted by molar-refractivity contribution is 5.79. The van der Waals surface area contributed by atoms with Crippen LogP contribution in [0.5, 0.6) is 0 Å². The largest absolute Gasteiger partial charge is 0.481 e. The molecule has 4 nitrogen and oxygen atoms in total. The van der Waals surface area contributed by atoms with Crippen LogP contribution in [0.3, 0.4) is 0 Å². The molecule has 1 aliphatic rings. The van der Waals surface area contributed by atoms with E-state index in [-0.39, 0.29) is 18.2 Å². The number of rotatable bonds is 6. The van der Waals surface area contributed by atoms with Crippen LogP contribution in [0.1, 0.15) is 51.9 Å². The van der Waals surface area contributed by atoms with Gasteiger partial charge >= 0.3 is 5.97 Å². The molecule has 0 bridgehead atoms. The summed E-state index contributed by atoms with van der Waals surface area (Å²) in [5.41, 5.74) is 0. The van der Waals surface area contributed by atoms with Crippen molar-refractivity contribution < 1.29 is 14.7 Å². The highest BCUT2D eigenvalue weighted by atomic mass is 16.4. The molecule has 1 atom stereocenters. The Kier molecular flexibility index (Phi) is 6.01. The summed E-state index contributed by atoms with van der Waals surface area (Å²) in [6.45, 7) is 2.52. The average Bonchev–Trinajstić information content (AvgIpc) is 2.30. The van der Waals surface area contributed by atoms with E-state index in [1.54, 1.807) is 0 Å². The molecule has 1 fully saturated rings. The number of amides is 1. The van der Waals surface area contributed by atoms with Gasteiger partial charge in [-0.2, -0.15) is 0 Å². The van der Waals surface area contributed by atoms with Gasteiger partial charge in [-0.1, -0.05) is 19.3 Å². The minimum absolute atomic E-state index is 0.0423. The van der Waals surface area contributed by atoms with Crippen molar-refractivity contribution in [2.24, 2.45) is 11.8 Å². The molecule has 0 aromatic carbocycles. The summed E-state index contributed by atoms with van der Waals surface area (Å²) in [5.74, 6) is -0.489. The van der Waals surface area contributed by atoms with Crippen molar-refractivity contribution in [2.75, 3.05) is 6.54 Å². The first-order chi connectivity index (χ1) is 8.15. The van der Waals surface area contributed by atoms with Crippen LogP contribution in [0, 0.1) is 11.8 Å². The van der Waals surface area contributed by atoms with Crippen molar-refractivity contribution in [1.29, 1.82) is 0 Å². The SMILES string of the molecule is CCNC(=O)C(CCC(=O)O)C1CCCCC1. The molecule has 1 rings (SSSR count). The van der Waals surface area contributed by atoms with E-state index in [4.69, 9.17) is 5.11 Å². The average molecular weight is 241 g/mol. The fourth-order valence-corrected chi connectivity index (χ4v) is 2.70. The van der Waals surface area contributed by atoms with Gasteiger partial charge in [-0.15, -0.1) is 0 Å². The molecule has 0 aromatic rings. The molecule has 4 heteroatoms. The smallest absolute Gasteiger partial charge is 0.303 e. The molecule has 1 amide bonds. The molecule has 2 N–H and O–H groups in total. The molecule has 1 saturated carbocycles. The third kappa shape index (κ3) is 4.75. The molecule has 0 spiro atoms. The second kappa shape index (κ2) is 7.30. The number of hydrogen-bond acceptors (Lipinski definition) is 2. The Bertz CT molecular complexity index is 259. The van der Waals surface area contributed by atoms with Gasteiger partial charge in [0.2, 0.25) is 5.91 Å². The molecule has 1 aliphatic carbocycles. The Morgan fingerprint density at radius 3 is 2.47 bits per heavy atom. The molecule has 0 aliphatic heterocycles. The number of carboxylic acid groups (broad SMARTS) is 1. The van der Waals surface area contributed by atoms with Gasteiger partial charge in [0.25, 0.3) is 0 Å². The zero-order valence-corrected chi connectivity index (χ0v) is 10.6. The second-order valence-electron chi connectivity index (χ2n) is 4.83. The molecular formula is C13H23NO3. The molecular weight excluding hydrogens is 218 g/mol. The Labute approximate surface area is 103 Å². The normalized spacial score (nSPS) is 18.6. The van der Waals surface area contributed by atoms with Crippen LogP contribution in [-0.4, -0.2) is 23.5 Å². The molecule has 0 heterocycles. The summed E-state index contributed by atoms with van der Waals surface area (Å²) in [6, 6.07) is 0. The summed E-state index contributed by atoms with van der Waals surface area (Å²) in [5, 5.41) is 11.6. The van der Waals surface area contributed by atoms with Crippen LogP contribution in [0.15, 0.2) is 0 Å². The number of aliphatic carboxylic acids is 1. The predicted molar refractivity (Wildman–Crippen MR) is 65.6 cm³/mol. The van der Waals surface area contributed by atoms with Gasteiger partial charge in [0.15, 0.2) is 0 Å². The molecule has 0 radical (unpaired) electrons. The standard InChI is InChI=1S/C13H23NO3/c1-2-14-13(17)11(8-9-12(15)16)10-6-4-3-5-7-10/h10-11H,2-9H2,1H3,(H,14,17)(H,15,16). The van der Waals surface area contributed by atoms with Crippen LogP contribution < -0.4 is 5.32 Å². The quantitative estimate of drug-likeness (QED) is 0.749. The van der Waals surface area contributed by atoms with Crippen LogP contribution in [-0.2, 0) is 9.59 Å². The van der Waals surface area contributed by atoms with E-state index < -0.39 is 5.97 Å². The van der Waals surface area contributed by atoms with E-state index >= 15 is 0 Å². The Morgan fingerprint density at radius 2 is 1.94 bits per heavy atom. The Hall–Kier alpha value is -1.06. The fraction of sp³-hybridized carbons (Fsp3) is 0.846. The maximum absolute atomic E-state index is 12.0. The predicted octanol–water partition coefficient (Wildman–Crippen LogP) is 2.18. The zero-order valence-electron chi connectivity index (χ0n) is 10.6. The lowest BCUT2D eigenvalue weighted by atomic mass is 9.77. The summed E-state index contributed by atoms with van der Waals surface area (Å²) in [4.78, 5) is 22.6. The number of carbonyl (C=O) groups is 2. The molecule has 0 saturated heterocycles. The summed E-state index contributed by atoms with van der Waals surface area (Å²) >= 11 is 0. The van der Waals surface area contributed by atoms with Gasteiger partial charge in [-0.25, -0.2) is 0 Å². The first kappa shape index (κ1) is 14.0. The third-order valence-electron chi connectivity index (χ3n) is 3.58. The third-order valence-corrected chi connectivity index (χ3v) is 3.58. The molecule has 1 unspecified atom stereocenters. The Morgan fingerprint density at radius 1 is 1.29 bits per heavy atom. The van der Waals surface area contributed by atoms with Crippen molar-refractivity contribution in [3.63, 3.8) is 0 Å². The lowest BCUT2D eigenvalue weighted by Crippen LogP contribution is -2.36. The maximum atomic E-state index is 12.0. The fourth-order valence-electron chi connectivity index (χ4n) is 2.70. The molecule has 17 heavy (non-hydrogen) atoms. The van der Waals surface area contributed by atoms with Gasteiger partial charge in [0.05, 0.1) is 0 Å². The zero-order chi connectivity index (χ0) is 12.7. The van der Waals surface area contributed by atoms with Crippen molar-refractivity contribution in [1.82, 2.24) is 5.32 Å². The van der Waals surface area contributed by atoms with Crippen molar-refractivity contribution in [3.05, 3.63) is 0 Å². The number of carboxylic acids is 1. The van der Waals surface area contributed by atoms with E-state index in [0.29, 0.717) is 18.9 Å². The van der Waals surface area contributed by atoms with Crippen LogP contribution >= 0.6 is 0 Å². The Balaban J connectivity index is 2.56. The highest BCUT2D eigenvalue weighted by Gasteiger charge is 2.29. The summed E-state index contributed by atoms with van der Waals surface area (Å²) in [6.07, 6.45) is 6.31. The van der Waals surface area contributed by atoms with Crippen molar-refractivity contribution in [2.45, 2.75) is 51.9 Å². The van der Waals surface area contributed by atoms with Gasteiger partial charge in [-0.3, -0.25) is 9.59 Å². The second-order valence-corrected chi connectivity index (χ2v) is 4.83. The van der Waals surface area contributed by atoms with Gasteiger partial charge < -0.3 is 10.4 Å². The van der Waals surface area contributed by atoms with E-state index in [2.05, 4.69) is 5.32 Å². The van der Waals surface area contributed by atoms with Crippen LogP contribution in [0.25, 0.3) is 0 Å². The number of carbonyl (C=O) groups excluding carboxylic acids is 1. The topological polar surface area (TPSA) is 66.4 Å². The van der Waals surface area contributed by atoms with Crippen LogP contribution in [0.2, 0.25) is 0 Å². The van der Waals surface area contributed by atoms with Crippen molar-refractivity contribution >= 4 is 11.9 Å². The lowest BCUT2D eigenvalue weighted by Gasteiger charge is -2.29. The molecule has 0 aromatic heterocycles. The number of nitrogens with one attached hydrogen (secondary N) is 1. The first-order valence-corrected chi connectivity index (χ1v) is 6.64. The number of hydrogen-bond donors (Lipinski definition) is 2. The monoisotopic (exact) mass is 241 g/mol. The van der Waals surface area contributed by atoms with E-state index in [1.165, 1.54) is 19.3 Å². The van der Waals surface area contributed by atoms with E-state index in [1.807, 2.05) is 6.92 Å². The summed E-state index contributed by atoms with van der Waals surface area (Å²) < 4.78 is 0. The van der Waals surface area contributed by atoms with Gasteiger partial charge in [0, 0.05) is 18.9 Å². The van der Waals surface area contributed by atoms with E-state index in [9.17, 15) is 9.59 Å². The highest BCUT2D eigenvalue weighted by Crippen LogP contribution is 2.32. The van der Waals surface area contributed by atoms with Crippen molar-refractivity contribution in [3.8, 4) is 0 Å². The van der Waals surface area contributed by atoms with Crippen LogP contribution in [0.4, 0.5) is 0 Å². The minimum atomic E-state index is -0.810. The minimum Gasteiger partial charge on any atom is -0.481 e. The van der Waals surface area contributed by atoms with E-state index in [0.717, 1.165) is 12.8 Å². The molecule has 98 valence electrons. The van der Waals surface area contributed by atoms with Gasteiger partial charge in [-0.05, 0) is 32.1 Å².